The standard InChI is InChI=1S/C18H21NO3S/c1-3-17(20)14-6-8-15(9-7-14)22-12-18(21)19-13(2)11-16-5-4-10-23-16/h4-10,13H,3,11-12H2,1-2H3,(H,19,21)/t13-/m0/s1. The molecule has 1 heterocycles. The second kappa shape index (κ2) is 8.48. The lowest BCUT2D eigenvalue weighted by atomic mass is 10.1. The van der Waals surface area contributed by atoms with E-state index in [-0.39, 0.29) is 24.3 Å². The topological polar surface area (TPSA) is 55.4 Å². The molecule has 0 unspecified atom stereocenters. The average molecular weight is 331 g/mol. The highest BCUT2D eigenvalue weighted by atomic mass is 32.1. The van der Waals surface area contributed by atoms with E-state index < -0.39 is 0 Å². The van der Waals surface area contributed by atoms with Crippen LogP contribution in [-0.2, 0) is 11.2 Å². The minimum absolute atomic E-state index is 0.0319. The lowest BCUT2D eigenvalue weighted by Crippen LogP contribution is -2.37. The molecule has 122 valence electrons. The summed E-state index contributed by atoms with van der Waals surface area (Å²) in [5, 5.41) is 4.94. The van der Waals surface area contributed by atoms with Crippen molar-refractivity contribution in [2.24, 2.45) is 0 Å². The molecule has 2 aromatic rings. The van der Waals surface area contributed by atoms with Crippen molar-refractivity contribution in [2.45, 2.75) is 32.7 Å². The van der Waals surface area contributed by atoms with Gasteiger partial charge in [0.25, 0.3) is 5.91 Å². The predicted molar refractivity (Wildman–Crippen MR) is 92.2 cm³/mol. The molecule has 0 fully saturated rings. The molecule has 1 aromatic carbocycles. The Morgan fingerprint density at radius 1 is 1.22 bits per heavy atom. The Kier molecular flexibility index (Phi) is 6.35. The van der Waals surface area contributed by atoms with Crippen molar-refractivity contribution >= 4 is 23.0 Å². The number of amides is 1. The highest BCUT2D eigenvalue weighted by Gasteiger charge is 2.10. The molecule has 0 spiro atoms. The first kappa shape index (κ1) is 17.2. The number of carbonyl (C=O) groups is 2. The summed E-state index contributed by atoms with van der Waals surface area (Å²) >= 11 is 1.68. The molecular weight excluding hydrogens is 310 g/mol. The Hall–Kier alpha value is -2.14. The van der Waals surface area contributed by atoms with Gasteiger partial charge in [-0.2, -0.15) is 0 Å². The largest absolute Gasteiger partial charge is 0.484 e. The smallest absolute Gasteiger partial charge is 0.258 e. The number of benzene rings is 1. The van der Waals surface area contributed by atoms with E-state index in [1.165, 1.54) is 4.88 Å². The first-order valence-electron chi connectivity index (χ1n) is 7.66. The highest BCUT2D eigenvalue weighted by Crippen LogP contribution is 2.14. The van der Waals surface area contributed by atoms with Gasteiger partial charge in [0.1, 0.15) is 5.75 Å². The Morgan fingerprint density at radius 3 is 2.57 bits per heavy atom. The van der Waals surface area contributed by atoms with Crippen molar-refractivity contribution in [3.8, 4) is 5.75 Å². The van der Waals surface area contributed by atoms with Crippen molar-refractivity contribution in [2.75, 3.05) is 6.61 Å². The van der Waals surface area contributed by atoms with Gasteiger partial charge in [-0.05, 0) is 42.6 Å². The van der Waals surface area contributed by atoms with Crippen molar-refractivity contribution in [3.63, 3.8) is 0 Å². The predicted octanol–water partition coefficient (Wildman–Crippen LogP) is 3.47. The summed E-state index contributed by atoms with van der Waals surface area (Å²) in [5.41, 5.74) is 0.661. The lowest BCUT2D eigenvalue weighted by molar-refractivity contribution is -0.123. The Bertz CT molecular complexity index is 635. The molecule has 0 aliphatic heterocycles. The molecule has 1 amide bonds. The summed E-state index contributed by atoms with van der Waals surface area (Å²) in [5.74, 6) is 0.526. The van der Waals surface area contributed by atoms with Crippen LogP contribution < -0.4 is 10.1 Å². The Morgan fingerprint density at radius 2 is 1.96 bits per heavy atom. The molecule has 1 aromatic heterocycles. The van der Waals surface area contributed by atoms with Gasteiger partial charge in [-0.1, -0.05) is 13.0 Å². The van der Waals surface area contributed by atoms with Crippen LogP contribution in [0, 0.1) is 0 Å². The van der Waals surface area contributed by atoms with E-state index in [4.69, 9.17) is 4.74 Å². The van der Waals surface area contributed by atoms with E-state index in [9.17, 15) is 9.59 Å². The van der Waals surface area contributed by atoms with Crippen LogP contribution in [0.2, 0.25) is 0 Å². The number of hydrogen-bond acceptors (Lipinski definition) is 4. The summed E-state index contributed by atoms with van der Waals surface area (Å²) in [7, 11) is 0. The zero-order valence-corrected chi connectivity index (χ0v) is 14.2. The third-order valence-electron chi connectivity index (χ3n) is 3.36. The molecule has 4 nitrogen and oxygen atoms in total. The maximum absolute atomic E-state index is 11.9. The van der Waals surface area contributed by atoms with Gasteiger partial charge in [0.15, 0.2) is 12.4 Å². The van der Waals surface area contributed by atoms with Gasteiger partial charge >= 0.3 is 0 Å². The molecule has 5 heteroatoms. The number of ketones is 1. The van der Waals surface area contributed by atoms with Crippen LogP contribution in [0.25, 0.3) is 0 Å². The van der Waals surface area contributed by atoms with Crippen molar-refractivity contribution in [1.29, 1.82) is 0 Å². The quantitative estimate of drug-likeness (QED) is 0.754. The summed E-state index contributed by atoms with van der Waals surface area (Å²) in [6, 6.07) is 11.0. The summed E-state index contributed by atoms with van der Waals surface area (Å²) in [6.07, 6.45) is 1.29. The van der Waals surface area contributed by atoms with Gasteiger partial charge in [-0.3, -0.25) is 9.59 Å². The fourth-order valence-corrected chi connectivity index (χ4v) is 3.02. The zero-order chi connectivity index (χ0) is 16.7. The number of nitrogens with one attached hydrogen (secondary N) is 1. The number of rotatable bonds is 8. The van der Waals surface area contributed by atoms with E-state index in [0.717, 1.165) is 6.42 Å². The minimum Gasteiger partial charge on any atom is -0.484 e. The van der Waals surface area contributed by atoms with Gasteiger partial charge in [-0.15, -0.1) is 11.3 Å². The molecule has 0 saturated heterocycles. The first-order chi connectivity index (χ1) is 11.1. The first-order valence-corrected chi connectivity index (χ1v) is 8.54. The number of ether oxygens (including phenoxy) is 1. The summed E-state index contributed by atoms with van der Waals surface area (Å²) in [6.45, 7) is 3.77. The molecule has 2 rings (SSSR count). The van der Waals surface area contributed by atoms with Crippen molar-refractivity contribution in [1.82, 2.24) is 5.32 Å². The van der Waals surface area contributed by atoms with Crippen molar-refractivity contribution < 1.29 is 14.3 Å². The van der Waals surface area contributed by atoms with Gasteiger partial charge < -0.3 is 10.1 Å². The SMILES string of the molecule is CCC(=O)c1ccc(OCC(=O)N[C@@H](C)Cc2cccs2)cc1. The fraction of sp³-hybridized carbons (Fsp3) is 0.333. The molecule has 1 atom stereocenters. The van der Waals surface area contributed by atoms with E-state index in [1.807, 2.05) is 25.3 Å². The number of hydrogen-bond donors (Lipinski definition) is 1. The molecule has 0 radical (unpaired) electrons. The molecule has 23 heavy (non-hydrogen) atoms. The molecule has 0 bridgehead atoms. The number of Topliss-reactive ketones (excluding diaryl/α,β-unsaturated/α-hetero) is 1. The molecule has 0 saturated carbocycles. The number of carbonyl (C=O) groups excluding carboxylic acids is 2. The summed E-state index contributed by atoms with van der Waals surface area (Å²) in [4.78, 5) is 24.7. The van der Waals surface area contributed by atoms with E-state index in [1.54, 1.807) is 35.6 Å². The number of thiophene rings is 1. The second-order valence-corrected chi connectivity index (χ2v) is 6.37. The van der Waals surface area contributed by atoms with E-state index in [2.05, 4.69) is 11.4 Å². The van der Waals surface area contributed by atoms with Crippen LogP contribution in [0.15, 0.2) is 41.8 Å². The van der Waals surface area contributed by atoms with Crippen LogP contribution >= 0.6 is 11.3 Å². The Balaban J connectivity index is 1.76. The van der Waals surface area contributed by atoms with Crippen LogP contribution in [-0.4, -0.2) is 24.3 Å². The third-order valence-corrected chi connectivity index (χ3v) is 4.26. The minimum atomic E-state index is -0.150. The monoisotopic (exact) mass is 331 g/mol. The van der Waals surface area contributed by atoms with E-state index in [0.29, 0.717) is 17.7 Å². The molecule has 1 N–H and O–H groups in total. The van der Waals surface area contributed by atoms with Crippen molar-refractivity contribution in [3.05, 3.63) is 52.2 Å². The Labute approximate surface area is 140 Å². The van der Waals surface area contributed by atoms with Gasteiger partial charge in [0, 0.05) is 29.3 Å². The van der Waals surface area contributed by atoms with Crippen LogP contribution in [0.4, 0.5) is 0 Å². The van der Waals surface area contributed by atoms with Gasteiger partial charge in [0.05, 0.1) is 0 Å². The lowest BCUT2D eigenvalue weighted by Gasteiger charge is -2.13. The zero-order valence-electron chi connectivity index (χ0n) is 13.4. The molecular formula is C18H21NO3S. The van der Waals surface area contributed by atoms with E-state index >= 15 is 0 Å². The average Bonchev–Trinajstić information content (AvgIpc) is 3.05. The maximum Gasteiger partial charge on any atom is 0.258 e. The summed E-state index contributed by atoms with van der Waals surface area (Å²) < 4.78 is 5.45. The van der Waals surface area contributed by atoms with Gasteiger partial charge in [-0.25, -0.2) is 0 Å². The fourth-order valence-electron chi connectivity index (χ4n) is 2.19. The molecule has 0 aliphatic rings. The highest BCUT2D eigenvalue weighted by molar-refractivity contribution is 7.09. The van der Waals surface area contributed by atoms with Crippen LogP contribution in [0.1, 0.15) is 35.5 Å². The normalized spacial score (nSPS) is 11.7. The second-order valence-electron chi connectivity index (χ2n) is 5.34. The molecule has 0 aliphatic carbocycles. The van der Waals surface area contributed by atoms with Crippen LogP contribution in [0.3, 0.4) is 0 Å². The maximum atomic E-state index is 11.9. The third kappa shape index (κ3) is 5.53. The van der Waals surface area contributed by atoms with Gasteiger partial charge in [0.2, 0.25) is 0 Å². The van der Waals surface area contributed by atoms with Crippen LogP contribution in [0.5, 0.6) is 5.75 Å².